The summed E-state index contributed by atoms with van der Waals surface area (Å²) in [5.74, 6) is -1.76. The number of benzene rings is 1. The van der Waals surface area contributed by atoms with Crippen molar-refractivity contribution in [1.82, 2.24) is 4.90 Å². The van der Waals surface area contributed by atoms with Crippen LogP contribution in [0.4, 0.5) is 0 Å². The number of carbonyl (C=O) groups is 2. The van der Waals surface area contributed by atoms with Crippen molar-refractivity contribution >= 4 is 46.3 Å². The molecule has 0 bridgehead atoms. The molecule has 1 aromatic rings. The van der Waals surface area contributed by atoms with E-state index in [1.54, 1.807) is 32.0 Å². The average molecular weight is 337 g/mol. The van der Waals surface area contributed by atoms with E-state index in [0.29, 0.717) is 10.5 Å². The van der Waals surface area contributed by atoms with Gasteiger partial charge in [-0.3, -0.25) is 9.69 Å². The van der Waals surface area contributed by atoms with Gasteiger partial charge in [0.1, 0.15) is 16.1 Å². The Bertz CT molecular complexity index is 669. The predicted molar refractivity (Wildman–Crippen MR) is 89.4 cm³/mol. The molecule has 1 aliphatic rings. The van der Waals surface area contributed by atoms with Gasteiger partial charge in [-0.25, -0.2) is 4.79 Å². The third-order valence-electron chi connectivity index (χ3n) is 3.21. The number of rotatable bonds is 4. The second kappa shape index (κ2) is 6.50. The van der Waals surface area contributed by atoms with Crippen molar-refractivity contribution in [2.45, 2.75) is 19.9 Å². The van der Waals surface area contributed by atoms with Gasteiger partial charge in [0.25, 0.3) is 5.91 Å². The second-order valence-electron chi connectivity index (χ2n) is 5.14. The van der Waals surface area contributed by atoms with E-state index in [-0.39, 0.29) is 16.0 Å². The number of amides is 1. The van der Waals surface area contributed by atoms with Crippen molar-refractivity contribution in [3.05, 3.63) is 34.7 Å². The molecule has 1 heterocycles. The molecule has 1 atom stereocenters. The van der Waals surface area contributed by atoms with Crippen LogP contribution in [0.5, 0.6) is 5.75 Å². The number of nitrogens with zero attached hydrogens (tertiary/aromatic N) is 1. The lowest BCUT2D eigenvalue weighted by Crippen LogP contribution is -2.47. The Morgan fingerprint density at radius 2 is 2.00 bits per heavy atom. The summed E-state index contributed by atoms with van der Waals surface area (Å²) < 4.78 is 0.216. The molecule has 0 radical (unpaired) electrons. The van der Waals surface area contributed by atoms with Crippen LogP contribution in [0, 0.1) is 5.92 Å². The van der Waals surface area contributed by atoms with Gasteiger partial charge in [-0.1, -0.05) is 56.0 Å². The van der Waals surface area contributed by atoms with Crippen LogP contribution in [0.1, 0.15) is 19.4 Å². The molecule has 0 aliphatic carbocycles. The highest BCUT2D eigenvalue weighted by molar-refractivity contribution is 8.26. The van der Waals surface area contributed by atoms with Gasteiger partial charge < -0.3 is 10.2 Å². The fourth-order valence-electron chi connectivity index (χ4n) is 2.16. The van der Waals surface area contributed by atoms with Crippen molar-refractivity contribution in [1.29, 1.82) is 0 Å². The number of para-hydroxylation sites is 1. The number of aliphatic carboxylic acids is 1. The summed E-state index contributed by atoms with van der Waals surface area (Å²) >= 11 is 6.20. The topological polar surface area (TPSA) is 77.8 Å². The van der Waals surface area contributed by atoms with Crippen LogP contribution in [0.3, 0.4) is 0 Å². The number of hydrogen-bond donors (Lipinski definition) is 2. The van der Waals surface area contributed by atoms with Crippen molar-refractivity contribution < 1.29 is 19.8 Å². The largest absolute Gasteiger partial charge is 0.507 e. The SMILES string of the molecule is CC(C)C(C(=O)O)N1C(=O)C(=Cc2ccccc2O)SC1=S. The third kappa shape index (κ3) is 3.15. The summed E-state index contributed by atoms with van der Waals surface area (Å²) in [6.07, 6.45) is 1.52. The van der Waals surface area contributed by atoms with Crippen molar-refractivity contribution in [3.63, 3.8) is 0 Å². The number of aromatic hydroxyl groups is 1. The summed E-state index contributed by atoms with van der Waals surface area (Å²) in [5.41, 5.74) is 0.486. The number of carboxylic acid groups (broad SMARTS) is 1. The van der Waals surface area contributed by atoms with E-state index in [0.717, 1.165) is 16.7 Å². The molecule has 0 saturated carbocycles. The molecule has 1 amide bonds. The maximum atomic E-state index is 12.5. The summed E-state index contributed by atoms with van der Waals surface area (Å²) in [6, 6.07) is 5.60. The minimum absolute atomic E-state index is 0.0476. The zero-order valence-electron chi connectivity index (χ0n) is 12.0. The Balaban J connectivity index is 2.37. The van der Waals surface area contributed by atoms with Crippen LogP contribution in [-0.2, 0) is 9.59 Å². The molecule has 5 nitrogen and oxygen atoms in total. The highest BCUT2D eigenvalue weighted by atomic mass is 32.2. The molecule has 2 rings (SSSR count). The van der Waals surface area contributed by atoms with Gasteiger partial charge in [-0.05, 0) is 18.1 Å². The zero-order chi connectivity index (χ0) is 16.4. The molecule has 116 valence electrons. The Labute approximate surface area is 137 Å². The molecule has 0 aromatic heterocycles. The van der Waals surface area contributed by atoms with Gasteiger partial charge in [0.2, 0.25) is 0 Å². The molecular formula is C15H15NO4S2. The highest BCUT2D eigenvalue weighted by Crippen LogP contribution is 2.36. The standard InChI is InChI=1S/C15H15NO4S2/c1-8(2)12(14(19)20)16-13(18)11(22-15(16)21)7-9-5-3-4-6-10(9)17/h3-8,12,17H,1-2H3,(H,19,20). The summed E-state index contributed by atoms with van der Waals surface area (Å²) in [6.45, 7) is 3.45. The second-order valence-corrected chi connectivity index (χ2v) is 6.81. The fourth-order valence-corrected chi connectivity index (χ4v) is 3.48. The summed E-state index contributed by atoms with van der Waals surface area (Å²) in [5, 5.41) is 19.1. The molecule has 1 unspecified atom stereocenters. The van der Waals surface area contributed by atoms with Crippen molar-refractivity contribution in [2.24, 2.45) is 5.92 Å². The predicted octanol–water partition coefficient (Wildman–Crippen LogP) is 2.70. The lowest BCUT2D eigenvalue weighted by molar-refractivity contribution is -0.146. The molecule has 1 saturated heterocycles. The van der Waals surface area contributed by atoms with Gasteiger partial charge in [0, 0.05) is 5.56 Å². The number of phenolic OH excluding ortho intramolecular Hbond substituents is 1. The fraction of sp³-hybridized carbons (Fsp3) is 0.267. The molecule has 1 aliphatic heterocycles. The highest BCUT2D eigenvalue weighted by Gasteiger charge is 2.41. The first-order valence-corrected chi connectivity index (χ1v) is 7.83. The summed E-state index contributed by atoms with van der Waals surface area (Å²) in [4.78, 5) is 25.3. The maximum absolute atomic E-state index is 12.5. The third-order valence-corrected chi connectivity index (χ3v) is 4.54. The van der Waals surface area contributed by atoms with Crippen molar-refractivity contribution in [2.75, 3.05) is 0 Å². The van der Waals surface area contributed by atoms with Gasteiger partial charge in [-0.15, -0.1) is 0 Å². The number of phenols is 1. The quantitative estimate of drug-likeness (QED) is 0.650. The molecule has 1 aromatic carbocycles. The Hall–Kier alpha value is -1.86. The maximum Gasteiger partial charge on any atom is 0.327 e. The minimum Gasteiger partial charge on any atom is -0.507 e. The van der Waals surface area contributed by atoms with E-state index in [1.807, 2.05) is 0 Å². The van der Waals surface area contributed by atoms with Crippen LogP contribution in [0.25, 0.3) is 6.08 Å². The number of thioether (sulfide) groups is 1. The van der Waals surface area contributed by atoms with Gasteiger partial charge >= 0.3 is 5.97 Å². The first-order chi connectivity index (χ1) is 10.3. The van der Waals surface area contributed by atoms with Gasteiger partial charge in [-0.2, -0.15) is 0 Å². The molecule has 1 fully saturated rings. The first kappa shape index (κ1) is 16.5. The summed E-state index contributed by atoms with van der Waals surface area (Å²) in [7, 11) is 0. The lowest BCUT2D eigenvalue weighted by Gasteiger charge is -2.26. The Morgan fingerprint density at radius 3 is 2.55 bits per heavy atom. The number of carboxylic acids is 1. The molecule has 2 N–H and O–H groups in total. The molecule has 0 spiro atoms. The first-order valence-electron chi connectivity index (χ1n) is 6.60. The van der Waals surface area contributed by atoms with Crippen LogP contribution in [0.2, 0.25) is 0 Å². The van der Waals surface area contributed by atoms with E-state index in [1.165, 1.54) is 12.1 Å². The molecular weight excluding hydrogens is 322 g/mol. The number of carbonyl (C=O) groups excluding carboxylic acids is 1. The lowest BCUT2D eigenvalue weighted by atomic mass is 10.0. The smallest absolute Gasteiger partial charge is 0.327 e. The normalized spacial score (nSPS) is 18.3. The Morgan fingerprint density at radius 1 is 1.36 bits per heavy atom. The zero-order valence-corrected chi connectivity index (χ0v) is 13.6. The van der Waals surface area contributed by atoms with Gasteiger partial charge in [0.05, 0.1) is 4.91 Å². The average Bonchev–Trinajstić information content (AvgIpc) is 2.69. The van der Waals surface area contributed by atoms with Crippen molar-refractivity contribution in [3.8, 4) is 5.75 Å². The molecule has 22 heavy (non-hydrogen) atoms. The van der Waals surface area contributed by atoms with E-state index < -0.39 is 17.9 Å². The van der Waals surface area contributed by atoms with E-state index in [9.17, 15) is 19.8 Å². The van der Waals surface area contributed by atoms with E-state index in [4.69, 9.17) is 12.2 Å². The molecule has 7 heteroatoms. The number of thiocarbonyl (C=S) groups is 1. The minimum atomic E-state index is -1.09. The van der Waals surface area contributed by atoms with E-state index >= 15 is 0 Å². The monoisotopic (exact) mass is 337 g/mol. The van der Waals surface area contributed by atoms with Gasteiger partial charge in [0.15, 0.2) is 0 Å². The van der Waals surface area contributed by atoms with Crippen LogP contribution < -0.4 is 0 Å². The van der Waals surface area contributed by atoms with Crippen LogP contribution in [-0.4, -0.2) is 37.4 Å². The van der Waals surface area contributed by atoms with E-state index in [2.05, 4.69) is 0 Å². The van der Waals surface area contributed by atoms with Crippen LogP contribution >= 0.6 is 24.0 Å². The van der Waals surface area contributed by atoms with Crippen LogP contribution in [0.15, 0.2) is 29.2 Å². The Kier molecular flexibility index (Phi) is 4.87. The number of hydrogen-bond acceptors (Lipinski definition) is 5.